The first-order valence-corrected chi connectivity index (χ1v) is 6.84. The molecule has 1 amide bonds. The summed E-state index contributed by atoms with van der Waals surface area (Å²) < 4.78 is 41.0. The van der Waals surface area contributed by atoms with E-state index in [1.165, 1.54) is 6.20 Å². The Morgan fingerprint density at radius 3 is 2.50 bits per heavy atom. The number of nitrogens with one attached hydrogen (secondary N) is 1. The van der Waals surface area contributed by atoms with E-state index in [-0.39, 0.29) is 0 Å². The quantitative estimate of drug-likeness (QED) is 0.895. The molecule has 1 aromatic heterocycles. The largest absolute Gasteiger partial charge is 0.478 e. The summed E-state index contributed by atoms with van der Waals surface area (Å²) in [5.41, 5.74) is -2.49. The van der Waals surface area contributed by atoms with Gasteiger partial charge in [-0.3, -0.25) is 4.79 Å². The third-order valence-corrected chi connectivity index (χ3v) is 3.41. The third-order valence-electron chi connectivity index (χ3n) is 3.41. The van der Waals surface area contributed by atoms with Gasteiger partial charge in [0.1, 0.15) is 5.82 Å². The first-order valence-electron chi connectivity index (χ1n) is 6.84. The third kappa shape index (κ3) is 3.55. The van der Waals surface area contributed by atoms with E-state index in [1.807, 2.05) is 0 Å². The number of aryl methyl sites for hydroxylation is 1. The minimum absolute atomic E-state index is 0.447. The molecule has 0 radical (unpaired) electrons. The van der Waals surface area contributed by atoms with Crippen LogP contribution in [0.1, 0.15) is 45.1 Å². The van der Waals surface area contributed by atoms with Crippen LogP contribution in [0.2, 0.25) is 0 Å². The zero-order valence-corrected chi connectivity index (χ0v) is 12.8. The number of carboxylic acid groups (broad SMARTS) is 1. The van der Waals surface area contributed by atoms with E-state index in [2.05, 4.69) is 10.3 Å². The molecule has 24 heavy (non-hydrogen) atoms. The average Bonchev–Trinajstić information content (AvgIpc) is 2.91. The van der Waals surface area contributed by atoms with Crippen molar-refractivity contribution in [3.05, 3.63) is 53.1 Å². The van der Waals surface area contributed by atoms with Crippen LogP contribution in [-0.2, 0) is 13.2 Å². The van der Waals surface area contributed by atoms with Crippen LogP contribution in [0.5, 0.6) is 0 Å². The van der Waals surface area contributed by atoms with Gasteiger partial charge < -0.3 is 15.0 Å². The van der Waals surface area contributed by atoms with Crippen molar-refractivity contribution < 1.29 is 27.9 Å². The molecule has 2 aromatic rings. The number of aromatic nitrogens is 2. The predicted octanol–water partition coefficient (Wildman–Crippen LogP) is 2.63. The Hall–Kier alpha value is -2.84. The number of halogens is 3. The molecular weight excluding hydrogens is 327 g/mol. The zero-order chi connectivity index (χ0) is 18.1. The van der Waals surface area contributed by atoms with E-state index in [0.717, 1.165) is 12.1 Å². The van der Waals surface area contributed by atoms with Crippen molar-refractivity contribution in [2.24, 2.45) is 7.05 Å². The van der Waals surface area contributed by atoms with E-state index in [9.17, 15) is 22.8 Å². The van der Waals surface area contributed by atoms with Gasteiger partial charge in [-0.25, -0.2) is 9.78 Å². The maximum Gasteiger partial charge on any atom is 0.417 e. The molecule has 0 bridgehead atoms. The Balaban J connectivity index is 2.35. The number of alkyl halides is 3. The SMILES string of the molecule is CC(NC(=O)c1ccc(C(=O)O)cc1C(F)(F)F)c1nccn1C. The first-order chi connectivity index (χ1) is 11.1. The number of benzene rings is 1. The van der Waals surface area contributed by atoms with Crippen LogP contribution < -0.4 is 5.32 Å². The smallest absolute Gasteiger partial charge is 0.417 e. The topological polar surface area (TPSA) is 84.2 Å². The number of hydrogen-bond acceptors (Lipinski definition) is 3. The highest BCUT2D eigenvalue weighted by Gasteiger charge is 2.36. The van der Waals surface area contributed by atoms with Crippen molar-refractivity contribution in [3.63, 3.8) is 0 Å². The number of hydrogen-bond donors (Lipinski definition) is 2. The van der Waals surface area contributed by atoms with Gasteiger partial charge in [0.25, 0.3) is 5.91 Å². The van der Waals surface area contributed by atoms with Crippen molar-refractivity contribution in [3.8, 4) is 0 Å². The van der Waals surface area contributed by atoms with E-state index >= 15 is 0 Å². The molecule has 0 saturated carbocycles. The van der Waals surface area contributed by atoms with Gasteiger partial charge in [-0.15, -0.1) is 0 Å². The van der Waals surface area contributed by atoms with Crippen molar-refractivity contribution >= 4 is 11.9 Å². The Bertz CT molecular complexity index is 784. The molecule has 1 heterocycles. The molecule has 0 fully saturated rings. The summed E-state index contributed by atoms with van der Waals surface area (Å²) in [6, 6.07) is 1.63. The number of nitrogens with zero attached hydrogens (tertiary/aromatic N) is 2. The Morgan fingerprint density at radius 1 is 1.33 bits per heavy atom. The highest BCUT2D eigenvalue weighted by Crippen LogP contribution is 2.33. The minimum atomic E-state index is -4.86. The van der Waals surface area contributed by atoms with Crippen molar-refractivity contribution in [2.45, 2.75) is 19.1 Å². The summed E-state index contributed by atoms with van der Waals surface area (Å²) >= 11 is 0. The van der Waals surface area contributed by atoms with Crippen LogP contribution in [0.4, 0.5) is 13.2 Å². The van der Waals surface area contributed by atoms with Crippen LogP contribution in [0, 0.1) is 0 Å². The van der Waals surface area contributed by atoms with Gasteiger partial charge in [0.05, 0.1) is 22.7 Å². The monoisotopic (exact) mass is 341 g/mol. The zero-order valence-electron chi connectivity index (χ0n) is 12.8. The first kappa shape index (κ1) is 17.5. The molecule has 1 aromatic carbocycles. The number of imidazole rings is 1. The van der Waals surface area contributed by atoms with Crippen LogP contribution in [0.25, 0.3) is 0 Å². The Labute approximate surface area is 134 Å². The van der Waals surface area contributed by atoms with Crippen molar-refractivity contribution in [2.75, 3.05) is 0 Å². The highest BCUT2D eigenvalue weighted by atomic mass is 19.4. The molecule has 0 aliphatic heterocycles. The lowest BCUT2D eigenvalue weighted by Crippen LogP contribution is -2.30. The van der Waals surface area contributed by atoms with Gasteiger partial charge in [-0.2, -0.15) is 13.2 Å². The molecule has 0 spiro atoms. The summed E-state index contributed by atoms with van der Waals surface area (Å²) in [4.78, 5) is 27.1. The second-order valence-electron chi connectivity index (χ2n) is 5.15. The molecule has 128 valence electrons. The standard InChI is InChI=1S/C15H14F3N3O3/c1-8(12-19-5-6-21(12)2)20-13(22)10-4-3-9(14(23)24)7-11(10)15(16,17)18/h3-8H,1-2H3,(H,20,22)(H,23,24). The van der Waals surface area contributed by atoms with E-state index in [0.29, 0.717) is 11.9 Å². The van der Waals surface area contributed by atoms with Gasteiger partial charge in [0, 0.05) is 19.4 Å². The van der Waals surface area contributed by atoms with Gasteiger partial charge >= 0.3 is 12.1 Å². The Morgan fingerprint density at radius 2 is 2.00 bits per heavy atom. The molecule has 0 aliphatic rings. The second kappa shape index (κ2) is 6.34. The van der Waals surface area contributed by atoms with Crippen molar-refractivity contribution in [1.82, 2.24) is 14.9 Å². The fraction of sp³-hybridized carbons (Fsp3) is 0.267. The number of carbonyl (C=O) groups is 2. The van der Waals surface area contributed by atoms with Crippen LogP contribution in [0.15, 0.2) is 30.6 Å². The van der Waals surface area contributed by atoms with Crippen LogP contribution in [-0.4, -0.2) is 26.5 Å². The van der Waals surface area contributed by atoms with Crippen molar-refractivity contribution in [1.29, 1.82) is 0 Å². The highest BCUT2D eigenvalue weighted by molar-refractivity contribution is 5.97. The normalized spacial score (nSPS) is 12.7. The van der Waals surface area contributed by atoms with Gasteiger partial charge in [0.15, 0.2) is 0 Å². The minimum Gasteiger partial charge on any atom is -0.478 e. The lowest BCUT2D eigenvalue weighted by atomic mass is 10.0. The summed E-state index contributed by atoms with van der Waals surface area (Å²) in [6.07, 6.45) is -1.72. The molecule has 1 atom stereocenters. The number of carbonyl (C=O) groups excluding carboxylic acids is 1. The summed E-state index contributed by atoms with van der Waals surface area (Å²) in [5.74, 6) is -2.00. The number of rotatable bonds is 4. The molecule has 9 heteroatoms. The maximum atomic E-state index is 13.1. The lowest BCUT2D eigenvalue weighted by Gasteiger charge is -2.17. The fourth-order valence-corrected chi connectivity index (χ4v) is 2.24. The molecular formula is C15H14F3N3O3. The summed E-state index contributed by atoms with van der Waals surface area (Å²) in [5, 5.41) is 11.3. The number of aromatic carboxylic acids is 1. The number of carboxylic acids is 1. The van der Waals surface area contributed by atoms with E-state index < -0.39 is 40.8 Å². The van der Waals surface area contributed by atoms with Gasteiger partial charge in [0.2, 0.25) is 0 Å². The molecule has 2 N–H and O–H groups in total. The predicted molar refractivity (Wildman–Crippen MR) is 77.5 cm³/mol. The van der Waals surface area contributed by atoms with E-state index in [1.54, 1.807) is 24.7 Å². The maximum absolute atomic E-state index is 13.1. The lowest BCUT2D eigenvalue weighted by molar-refractivity contribution is -0.138. The molecule has 6 nitrogen and oxygen atoms in total. The number of amides is 1. The summed E-state index contributed by atoms with van der Waals surface area (Å²) in [7, 11) is 1.69. The Kier molecular flexibility index (Phi) is 4.63. The van der Waals surface area contributed by atoms with Crippen LogP contribution >= 0.6 is 0 Å². The fourth-order valence-electron chi connectivity index (χ4n) is 2.24. The second-order valence-corrected chi connectivity index (χ2v) is 5.15. The molecule has 0 saturated heterocycles. The van der Waals surface area contributed by atoms with E-state index in [4.69, 9.17) is 5.11 Å². The summed E-state index contributed by atoms with van der Waals surface area (Å²) in [6.45, 7) is 1.58. The van der Waals surface area contributed by atoms with Gasteiger partial charge in [-0.05, 0) is 25.1 Å². The average molecular weight is 341 g/mol. The molecule has 1 unspecified atom stereocenters. The molecule has 0 aliphatic carbocycles. The molecule has 2 rings (SSSR count). The van der Waals surface area contributed by atoms with Gasteiger partial charge in [-0.1, -0.05) is 0 Å². The van der Waals surface area contributed by atoms with Crippen LogP contribution in [0.3, 0.4) is 0 Å².